The number of carbonyl (C=O) groups is 2. The molecule has 0 bridgehead atoms. The summed E-state index contributed by atoms with van der Waals surface area (Å²) in [4.78, 5) is 37.8. The summed E-state index contributed by atoms with van der Waals surface area (Å²) in [5, 5.41) is 7.87. The number of hydrogen-bond acceptors (Lipinski definition) is 6. The van der Waals surface area contributed by atoms with Crippen LogP contribution in [0.5, 0.6) is 0 Å². The van der Waals surface area contributed by atoms with E-state index >= 15 is 0 Å². The predicted octanol–water partition coefficient (Wildman–Crippen LogP) is 4.96. The van der Waals surface area contributed by atoms with Crippen molar-refractivity contribution >= 4 is 28.7 Å². The summed E-state index contributed by atoms with van der Waals surface area (Å²) in [6.45, 7) is 2.86. The van der Waals surface area contributed by atoms with Crippen molar-refractivity contribution in [3.8, 4) is 11.3 Å². The molecule has 2 amide bonds. The predicted molar refractivity (Wildman–Crippen MR) is 135 cm³/mol. The summed E-state index contributed by atoms with van der Waals surface area (Å²) in [6, 6.07) is 15.4. The maximum Gasteiger partial charge on any atom is 0.259 e. The van der Waals surface area contributed by atoms with Crippen LogP contribution in [-0.2, 0) is 4.79 Å². The molecule has 1 N–H and O–H groups in total. The van der Waals surface area contributed by atoms with Crippen LogP contribution < -0.4 is 5.32 Å². The van der Waals surface area contributed by atoms with E-state index in [1.54, 1.807) is 11.1 Å². The highest BCUT2D eigenvalue weighted by atomic mass is 16.5. The number of piperidine rings is 1. The van der Waals surface area contributed by atoms with Gasteiger partial charge in [-0.1, -0.05) is 41.6 Å². The number of hydrogen-bond donors (Lipinski definition) is 1. The van der Waals surface area contributed by atoms with E-state index in [4.69, 9.17) is 9.51 Å². The van der Waals surface area contributed by atoms with Gasteiger partial charge in [0.2, 0.25) is 5.91 Å². The van der Waals surface area contributed by atoms with Gasteiger partial charge >= 0.3 is 0 Å². The minimum Gasteiger partial charge on any atom is -0.338 e. The summed E-state index contributed by atoms with van der Waals surface area (Å²) in [5.74, 6) is 0.389. The maximum atomic E-state index is 14.0. The molecule has 4 aromatic rings. The average molecular weight is 482 g/mol. The molecule has 8 nitrogen and oxygen atoms in total. The van der Waals surface area contributed by atoms with Crippen LogP contribution >= 0.6 is 0 Å². The van der Waals surface area contributed by atoms with Gasteiger partial charge in [-0.15, -0.1) is 0 Å². The minimum atomic E-state index is -0.305. The number of pyridine rings is 2. The van der Waals surface area contributed by atoms with E-state index in [1.165, 1.54) is 0 Å². The van der Waals surface area contributed by atoms with Crippen molar-refractivity contribution in [2.45, 2.75) is 38.5 Å². The first-order valence-electron chi connectivity index (χ1n) is 12.5. The Morgan fingerprint density at radius 1 is 1.08 bits per heavy atom. The number of anilines is 1. The quantitative estimate of drug-likeness (QED) is 0.432. The lowest BCUT2D eigenvalue weighted by molar-refractivity contribution is -0.121. The number of carbonyl (C=O) groups excluding carboxylic acids is 2. The van der Waals surface area contributed by atoms with Gasteiger partial charge < -0.3 is 14.7 Å². The molecule has 0 spiro atoms. The Labute approximate surface area is 208 Å². The van der Waals surface area contributed by atoms with Crippen molar-refractivity contribution in [3.05, 3.63) is 71.5 Å². The van der Waals surface area contributed by atoms with E-state index < -0.39 is 0 Å². The first-order chi connectivity index (χ1) is 17.6. The molecule has 3 aromatic heterocycles. The zero-order valence-corrected chi connectivity index (χ0v) is 20.1. The number of benzene rings is 1. The van der Waals surface area contributed by atoms with Gasteiger partial charge in [-0.2, -0.15) is 0 Å². The number of rotatable bonds is 5. The topological polar surface area (TPSA) is 101 Å². The third kappa shape index (κ3) is 4.23. The molecular weight excluding hydrogens is 454 g/mol. The molecular formula is C28H27N5O3. The molecule has 36 heavy (non-hydrogen) atoms. The molecule has 1 aromatic carbocycles. The third-order valence-electron chi connectivity index (χ3n) is 7.07. The SMILES string of the molecule is Cc1cccnc1NC(=O)C1CCCN(C(=O)c2cc(C3CC3)nc3onc(-c4ccccc4)c23)C1. The first kappa shape index (κ1) is 22.4. The molecule has 6 rings (SSSR count). The number of nitrogens with one attached hydrogen (secondary N) is 1. The van der Waals surface area contributed by atoms with E-state index in [9.17, 15) is 9.59 Å². The number of nitrogens with zero attached hydrogens (tertiary/aromatic N) is 4. The van der Waals surface area contributed by atoms with Crippen molar-refractivity contribution in [2.75, 3.05) is 18.4 Å². The van der Waals surface area contributed by atoms with Crippen LogP contribution in [0.4, 0.5) is 5.82 Å². The van der Waals surface area contributed by atoms with Gasteiger partial charge in [-0.3, -0.25) is 9.59 Å². The van der Waals surface area contributed by atoms with Gasteiger partial charge in [0.15, 0.2) is 0 Å². The molecule has 1 saturated carbocycles. The van der Waals surface area contributed by atoms with Crippen molar-refractivity contribution < 1.29 is 14.1 Å². The van der Waals surface area contributed by atoms with Crippen LogP contribution in [-0.4, -0.2) is 44.9 Å². The molecule has 1 unspecified atom stereocenters. The number of fused-ring (bicyclic) bond motifs is 1. The lowest BCUT2D eigenvalue weighted by Crippen LogP contribution is -2.44. The second kappa shape index (κ2) is 9.18. The van der Waals surface area contributed by atoms with Crippen LogP contribution in [0, 0.1) is 12.8 Å². The average Bonchev–Trinajstić information content (AvgIpc) is 3.68. The Morgan fingerprint density at radius 2 is 1.92 bits per heavy atom. The number of likely N-dealkylation sites (tertiary alicyclic amines) is 1. The molecule has 1 aliphatic heterocycles. The van der Waals surface area contributed by atoms with Gasteiger partial charge in [0.1, 0.15) is 11.5 Å². The molecule has 8 heteroatoms. The highest BCUT2D eigenvalue weighted by Crippen LogP contribution is 2.41. The van der Waals surface area contributed by atoms with Gasteiger partial charge in [-0.25, -0.2) is 9.97 Å². The van der Waals surface area contributed by atoms with Crippen LogP contribution in [0.2, 0.25) is 0 Å². The zero-order chi connectivity index (χ0) is 24.6. The Bertz CT molecular complexity index is 1440. The number of aromatic nitrogens is 3. The van der Waals surface area contributed by atoms with Crippen LogP contribution in [0.15, 0.2) is 59.3 Å². The van der Waals surface area contributed by atoms with Gasteiger partial charge in [0.05, 0.1) is 16.9 Å². The fourth-order valence-electron chi connectivity index (χ4n) is 4.90. The summed E-state index contributed by atoms with van der Waals surface area (Å²) in [7, 11) is 0. The van der Waals surface area contributed by atoms with E-state index in [2.05, 4.69) is 15.5 Å². The van der Waals surface area contributed by atoms with E-state index in [-0.39, 0.29) is 17.7 Å². The summed E-state index contributed by atoms with van der Waals surface area (Å²) >= 11 is 0. The molecule has 1 aliphatic carbocycles. The van der Waals surface area contributed by atoms with Gasteiger partial charge in [0, 0.05) is 36.5 Å². The largest absolute Gasteiger partial charge is 0.338 e. The lowest BCUT2D eigenvalue weighted by atomic mass is 9.95. The van der Waals surface area contributed by atoms with Crippen LogP contribution in [0.3, 0.4) is 0 Å². The monoisotopic (exact) mass is 481 g/mol. The summed E-state index contributed by atoms with van der Waals surface area (Å²) in [5.41, 5.74) is 4.19. The second-order valence-corrected chi connectivity index (χ2v) is 9.69. The molecule has 1 saturated heterocycles. The van der Waals surface area contributed by atoms with E-state index in [0.717, 1.165) is 42.5 Å². The van der Waals surface area contributed by atoms with E-state index in [0.29, 0.717) is 47.2 Å². The molecule has 1 atom stereocenters. The Balaban J connectivity index is 1.31. The maximum absolute atomic E-state index is 14.0. The highest BCUT2D eigenvalue weighted by molar-refractivity contribution is 6.10. The lowest BCUT2D eigenvalue weighted by Gasteiger charge is -2.32. The Morgan fingerprint density at radius 3 is 2.69 bits per heavy atom. The molecule has 4 heterocycles. The standard InChI is InChI=1S/C28H27N5O3/c1-17-7-5-13-29-25(17)31-26(34)20-10-6-14-33(16-20)28(35)21-15-22(18-11-12-18)30-27-23(21)24(32-36-27)19-8-3-2-4-9-19/h2-5,7-9,13,15,18,20H,6,10-12,14,16H2,1H3,(H,29,31,34). The van der Waals surface area contributed by atoms with Crippen LogP contribution in [0.1, 0.15) is 53.2 Å². The van der Waals surface area contributed by atoms with Crippen molar-refractivity contribution in [3.63, 3.8) is 0 Å². The smallest absolute Gasteiger partial charge is 0.259 e. The van der Waals surface area contributed by atoms with Gasteiger partial charge in [-0.05, 0) is 50.3 Å². The second-order valence-electron chi connectivity index (χ2n) is 9.69. The number of aryl methyl sites for hydroxylation is 1. The van der Waals surface area contributed by atoms with Crippen molar-refractivity contribution in [1.82, 2.24) is 20.0 Å². The van der Waals surface area contributed by atoms with Crippen molar-refractivity contribution in [1.29, 1.82) is 0 Å². The normalized spacial score (nSPS) is 17.8. The Hall–Kier alpha value is -4.07. The fraction of sp³-hybridized carbons (Fsp3) is 0.321. The molecule has 2 aliphatic rings. The third-order valence-corrected chi connectivity index (χ3v) is 7.07. The molecule has 2 fully saturated rings. The van der Waals surface area contributed by atoms with Crippen molar-refractivity contribution in [2.24, 2.45) is 5.92 Å². The molecule has 182 valence electrons. The Kier molecular flexibility index (Phi) is 5.71. The summed E-state index contributed by atoms with van der Waals surface area (Å²) < 4.78 is 5.63. The van der Waals surface area contributed by atoms with E-state index in [1.807, 2.05) is 55.5 Å². The van der Waals surface area contributed by atoms with Gasteiger partial charge in [0.25, 0.3) is 11.6 Å². The minimum absolute atomic E-state index is 0.109. The van der Waals surface area contributed by atoms with Crippen LogP contribution in [0.25, 0.3) is 22.4 Å². The zero-order valence-electron chi connectivity index (χ0n) is 20.1. The molecule has 0 radical (unpaired) electrons. The first-order valence-corrected chi connectivity index (χ1v) is 12.5. The fourth-order valence-corrected chi connectivity index (χ4v) is 4.90. The highest BCUT2D eigenvalue weighted by Gasteiger charge is 2.33. The summed E-state index contributed by atoms with van der Waals surface area (Å²) in [6.07, 6.45) is 5.26. The number of amides is 2.